The minimum Gasteiger partial charge on any atom is -0.155 e. The van der Waals surface area contributed by atoms with Crippen LogP contribution in [0.3, 0.4) is 0 Å². The number of aryl methyl sites for hydroxylation is 4. The molecule has 4 aromatic carbocycles. The van der Waals surface area contributed by atoms with Crippen molar-refractivity contribution in [2.45, 2.75) is 34.1 Å². The number of nitrogens with zero attached hydrogens (tertiary/aromatic N) is 2. The van der Waals surface area contributed by atoms with Gasteiger partial charge in [0.2, 0.25) is 0 Å². The van der Waals surface area contributed by atoms with Crippen molar-refractivity contribution in [2.24, 2.45) is 0 Å². The van der Waals surface area contributed by atoms with Gasteiger partial charge in [-0.15, -0.1) is 0 Å². The Morgan fingerprint density at radius 2 is 1.27 bits per heavy atom. The van der Waals surface area contributed by atoms with Crippen LogP contribution in [0.25, 0.3) is 44.3 Å². The minimum atomic E-state index is 0.944. The second kappa shape index (κ2) is 7.38. The Kier molecular flexibility index (Phi) is 4.45. The van der Waals surface area contributed by atoms with Crippen LogP contribution in [0.1, 0.15) is 33.5 Å². The van der Waals surface area contributed by atoms with Gasteiger partial charge in [0, 0.05) is 5.56 Å². The van der Waals surface area contributed by atoms with Crippen LogP contribution in [0.15, 0.2) is 72.8 Å². The highest BCUT2D eigenvalue weighted by molar-refractivity contribution is 5.94. The largest absolute Gasteiger partial charge is 0.155 e. The van der Waals surface area contributed by atoms with E-state index in [0.29, 0.717) is 0 Å². The zero-order valence-electron chi connectivity index (χ0n) is 19.5. The van der Waals surface area contributed by atoms with Crippen molar-refractivity contribution in [3.8, 4) is 33.5 Å². The molecule has 0 saturated heterocycles. The molecular weight excluding hydrogens is 400 g/mol. The van der Waals surface area contributed by atoms with Gasteiger partial charge in [0.15, 0.2) is 0 Å². The molecule has 0 bridgehead atoms. The van der Waals surface area contributed by atoms with E-state index in [2.05, 4.69) is 104 Å². The molecule has 1 aliphatic carbocycles. The number of hydrogen-bond acceptors (Lipinski definition) is 2. The predicted molar refractivity (Wildman–Crippen MR) is 138 cm³/mol. The lowest BCUT2D eigenvalue weighted by molar-refractivity contribution is 0.967. The third-order valence-electron chi connectivity index (χ3n) is 7.21. The highest BCUT2D eigenvalue weighted by Gasteiger charge is 2.20. The van der Waals surface area contributed by atoms with Crippen molar-refractivity contribution in [1.29, 1.82) is 0 Å². The zero-order valence-corrected chi connectivity index (χ0v) is 19.5. The molecule has 2 heteroatoms. The first-order chi connectivity index (χ1) is 16.0. The summed E-state index contributed by atoms with van der Waals surface area (Å²) in [5.74, 6) is 0. The van der Waals surface area contributed by atoms with E-state index in [1.165, 1.54) is 60.8 Å². The van der Waals surface area contributed by atoms with Crippen molar-refractivity contribution in [1.82, 2.24) is 10.2 Å². The fourth-order valence-corrected chi connectivity index (χ4v) is 4.90. The van der Waals surface area contributed by atoms with Crippen LogP contribution < -0.4 is 0 Å². The molecule has 5 aromatic rings. The summed E-state index contributed by atoms with van der Waals surface area (Å²) in [7, 11) is 0. The summed E-state index contributed by atoms with van der Waals surface area (Å²) in [6, 6.07) is 27.2. The average molecular weight is 427 g/mol. The first kappa shape index (κ1) is 19.9. The lowest BCUT2D eigenvalue weighted by Crippen LogP contribution is -1.94. The van der Waals surface area contributed by atoms with Gasteiger partial charge < -0.3 is 0 Å². The van der Waals surface area contributed by atoms with Crippen molar-refractivity contribution in [3.05, 3.63) is 106 Å². The van der Waals surface area contributed by atoms with Gasteiger partial charge in [-0.05, 0) is 119 Å². The van der Waals surface area contributed by atoms with Gasteiger partial charge in [-0.1, -0.05) is 48.5 Å². The Bertz CT molecular complexity index is 1580. The molecule has 1 heterocycles. The van der Waals surface area contributed by atoms with Gasteiger partial charge in [0.05, 0.1) is 11.4 Å². The highest BCUT2D eigenvalue weighted by atomic mass is 15.1. The maximum atomic E-state index is 4.43. The van der Waals surface area contributed by atoms with E-state index in [0.717, 1.165) is 23.4 Å². The molecule has 2 nitrogen and oxygen atoms in total. The smallest absolute Gasteiger partial charge is 0.0932 e. The zero-order chi connectivity index (χ0) is 22.7. The monoisotopic (exact) mass is 426 g/mol. The quantitative estimate of drug-likeness (QED) is 0.283. The minimum absolute atomic E-state index is 0.944. The first-order valence-electron chi connectivity index (χ1n) is 11.6. The van der Waals surface area contributed by atoms with Crippen molar-refractivity contribution < 1.29 is 0 Å². The third-order valence-corrected chi connectivity index (χ3v) is 7.21. The van der Waals surface area contributed by atoms with E-state index in [-0.39, 0.29) is 0 Å². The van der Waals surface area contributed by atoms with E-state index in [4.69, 9.17) is 0 Å². The van der Waals surface area contributed by atoms with Crippen LogP contribution in [0.2, 0.25) is 0 Å². The predicted octanol–water partition coefficient (Wildman–Crippen LogP) is 7.77. The van der Waals surface area contributed by atoms with Crippen LogP contribution in [0.4, 0.5) is 0 Å². The van der Waals surface area contributed by atoms with E-state index in [1.807, 2.05) is 6.92 Å². The van der Waals surface area contributed by atoms with Crippen molar-refractivity contribution in [3.63, 3.8) is 0 Å². The van der Waals surface area contributed by atoms with Gasteiger partial charge in [0.1, 0.15) is 0 Å². The Morgan fingerprint density at radius 3 is 2.09 bits per heavy atom. The van der Waals surface area contributed by atoms with Gasteiger partial charge >= 0.3 is 0 Å². The first-order valence-corrected chi connectivity index (χ1v) is 11.6. The van der Waals surface area contributed by atoms with Crippen LogP contribution in [-0.4, -0.2) is 10.2 Å². The molecule has 1 aliphatic rings. The van der Waals surface area contributed by atoms with Gasteiger partial charge in [-0.25, -0.2) is 0 Å². The summed E-state index contributed by atoms with van der Waals surface area (Å²) >= 11 is 0. The van der Waals surface area contributed by atoms with E-state index >= 15 is 0 Å². The molecule has 0 amide bonds. The summed E-state index contributed by atoms with van der Waals surface area (Å²) < 4.78 is 0. The number of hydrogen-bond donors (Lipinski definition) is 0. The fraction of sp³-hybridized carbons (Fsp3) is 0.161. The SMILES string of the molecule is Cc1ccc(-c2ccc3cc4c(cc3c2)Cc2cc(-c3cc(C)c(C)nn3)ccc2-4)cc1C. The summed E-state index contributed by atoms with van der Waals surface area (Å²) in [5.41, 5.74) is 14.9. The van der Waals surface area contributed by atoms with Crippen LogP contribution in [0.5, 0.6) is 0 Å². The molecule has 0 N–H and O–H groups in total. The normalized spacial score (nSPS) is 12.1. The molecule has 0 radical (unpaired) electrons. The second-order valence-corrected chi connectivity index (χ2v) is 9.42. The molecule has 0 spiro atoms. The van der Waals surface area contributed by atoms with Crippen LogP contribution in [-0.2, 0) is 6.42 Å². The summed E-state index contributed by atoms with van der Waals surface area (Å²) in [6.45, 7) is 8.44. The Balaban J connectivity index is 1.40. The summed E-state index contributed by atoms with van der Waals surface area (Å²) in [5, 5.41) is 11.3. The molecule has 6 rings (SSSR count). The highest BCUT2D eigenvalue weighted by Crippen LogP contribution is 2.41. The van der Waals surface area contributed by atoms with Crippen molar-refractivity contribution >= 4 is 10.8 Å². The molecule has 160 valence electrons. The Labute approximate surface area is 195 Å². The number of benzene rings is 4. The third kappa shape index (κ3) is 3.34. The second-order valence-electron chi connectivity index (χ2n) is 9.42. The van der Waals surface area contributed by atoms with Crippen molar-refractivity contribution in [2.75, 3.05) is 0 Å². The summed E-state index contributed by atoms with van der Waals surface area (Å²) in [4.78, 5) is 0. The van der Waals surface area contributed by atoms with Crippen LogP contribution in [0, 0.1) is 27.7 Å². The molecule has 0 saturated carbocycles. The maximum absolute atomic E-state index is 4.43. The lowest BCUT2D eigenvalue weighted by atomic mass is 9.95. The molecule has 33 heavy (non-hydrogen) atoms. The molecule has 0 unspecified atom stereocenters. The van der Waals surface area contributed by atoms with E-state index < -0.39 is 0 Å². The molecule has 0 atom stereocenters. The Morgan fingerprint density at radius 1 is 0.515 bits per heavy atom. The van der Waals surface area contributed by atoms with Gasteiger partial charge in [0.25, 0.3) is 0 Å². The average Bonchev–Trinajstić information content (AvgIpc) is 3.17. The van der Waals surface area contributed by atoms with Gasteiger partial charge in [-0.3, -0.25) is 0 Å². The molecule has 0 fully saturated rings. The van der Waals surface area contributed by atoms with Crippen LogP contribution >= 0.6 is 0 Å². The molecule has 0 aliphatic heterocycles. The number of rotatable bonds is 2. The summed E-state index contributed by atoms with van der Waals surface area (Å²) in [6.07, 6.45) is 0.959. The van der Waals surface area contributed by atoms with Gasteiger partial charge in [-0.2, -0.15) is 10.2 Å². The number of fused-ring (bicyclic) bond motifs is 4. The molecule has 1 aromatic heterocycles. The standard InChI is InChI=1S/C31H26N2/c1-18-5-6-22(11-19(18)2)23-7-8-24-17-30-28(15-26(24)13-23)16-27-14-25(9-10-29(27)30)31-12-20(3)21(4)32-33-31/h5-15,17H,16H2,1-4H3. The maximum Gasteiger partial charge on any atom is 0.0932 e. The lowest BCUT2D eigenvalue weighted by Gasteiger charge is -2.09. The van der Waals surface area contributed by atoms with E-state index in [9.17, 15) is 0 Å². The number of aromatic nitrogens is 2. The fourth-order valence-electron chi connectivity index (χ4n) is 4.90. The molecular formula is C31H26N2. The van der Waals surface area contributed by atoms with E-state index in [1.54, 1.807) is 0 Å². The topological polar surface area (TPSA) is 25.8 Å². The Hall–Kier alpha value is -3.78.